The molecule has 2 fully saturated rings. The molecule has 0 spiro atoms. The van der Waals surface area contributed by atoms with Gasteiger partial charge in [0.1, 0.15) is 0 Å². The number of piperidine rings is 1. The Hall–Kier alpha value is -0.160. The number of halogens is 1. The van der Waals surface area contributed by atoms with Crippen molar-refractivity contribution in [3.05, 3.63) is 15.5 Å². The van der Waals surface area contributed by atoms with E-state index in [9.17, 15) is 0 Å². The molecule has 0 radical (unpaired) electrons. The van der Waals surface area contributed by atoms with E-state index in [1.165, 1.54) is 37.4 Å². The Labute approximate surface area is 105 Å². The first kappa shape index (κ1) is 11.0. The highest BCUT2D eigenvalue weighted by Crippen LogP contribution is 2.27. The number of hydrogen-bond donors (Lipinski definition) is 1. The minimum Gasteiger partial charge on any atom is -0.312 e. The van der Waals surface area contributed by atoms with Gasteiger partial charge in [-0.05, 0) is 25.3 Å². The lowest BCUT2D eigenvalue weighted by Gasteiger charge is -2.24. The lowest BCUT2D eigenvalue weighted by Crippen LogP contribution is -2.40. The quantitative estimate of drug-likeness (QED) is 0.878. The van der Waals surface area contributed by atoms with E-state index in [4.69, 9.17) is 11.6 Å². The van der Waals surface area contributed by atoms with Crippen molar-refractivity contribution in [3.63, 3.8) is 0 Å². The largest absolute Gasteiger partial charge is 0.312 e. The predicted octanol–water partition coefficient (Wildman–Crippen LogP) is 1.98. The Kier molecular flexibility index (Phi) is 3.16. The first-order valence-corrected chi connectivity index (χ1v) is 7.06. The van der Waals surface area contributed by atoms with Gasteiger partial charge in [0.15, 0.2) is 4.47 Å². The lowest BCUT2D eigenvalue weighted by atomic mass is 9.94. The predicted molar refractivity (Wildman–Crippen MR) is 66.9 cm³/mol. The monoisotopic (exact) mass is 257 g/mol. The molecule has 0 aliphatic carbocycles. The summed E-state index contributed by atoms with van der Waals surface area (Å²) in [7, 11) is 0. The van der Waals surface area contributed by atoms with Crippen LogP contribution in [-0.4, -0.2) is 35.6 Å². The molecule has 2 unspecified atom stereocenters. The molecule has 2 atom stereocenters. The average molecular weight is 258 g/mol. The Morgan fingerprint density at radius 3 is 3.25 bits per heavy atom. The molecule has 1 aromatic heterocycles. The summed E-state index contributed by atoms with van der Waals surface area (Å²) in [6.07, 6.45) is 4.63. The molecule has 2 saturated heterocycles. The van der Waals surface area contributed by atoms with Gasteiger partial charge in [0.2, 0.25) is 0 Å². The number of hydrogen-bond acceptors (Lipinski definition) is 4. The van der Waals surface area contributed by atoms with Crippen molar-refractivity contribution < 1.29 is 0 Å². The molecule has 5 heteroatoms. The average Bonchev–Trinajstić information content (AvgIpc) is 2.84. The van der Waals surface area contributed by atoms with E-state index in [0.29, 0.717) is 4.47 Å². The van der Waals surface area contributed by atoms with Gasteiger partial charge in [0, 0.05) is 36.8 Å². The number of likely N-dealkylation sites (tertiary alicyclic amines) is 1. The normalized spacial score (nSPS) is 30.6. The van der Waals surface area contributed by atoms with Crippen LogP contribution in [0, 0.1) is 5.92 Å². The highest BCUT2D eigenvalue weighted by atomic mass is 35.5. The van der Waals surface area contributed by atoms with E-state index >= 15 is 0 Å². The van der Waals surface area contributed by atoms with Gasteiger partial charge in [-0.1, -0.05) is 11.6 Å². The summed E-state index contributed by atoms with van der Waals surface area (Å²) >= 11 is 7.44. The Balaban J connectivity index is 1.61. The molecule has 3 rings (SSSR count). The van der Waals surface area contributed by atoms with E-state index in [1.54, 1.807) is 11.3 Å². The van der Waals surface area contributed by atoms with Gasteiger partial charge in [-0.15, -0.1) is 11.3 Å². The van der Waals surface area contributed by atoms with E-state index in [2.05, 4.69) is 15.2 Å². The van der Waals surface area contributed by atoms with Crippen LogP contribution < -0.4 is 5.32 Å². The number of fused-ring (bicyclic) bond motifs is 1. The summed E-state index contributed by atoms with van der Waals surface area (Å²) in [5, 5.41) is 3.62. The van der Waals surface area contributed by atoms with Crippen LogP contribution in [0.5, 0.6) is 0 Å². The van der Waals surface area contributed by atoms with Crippen LogP contribution in [0.2, 0.25) is 4.47 Å². The fourth-order valence-electron chi connectivity index (χ4n) is 2.84. The van der Waals surface area contributed by atoms with Crippen molar-refractivity contribution >= 4 is 22.9 Å². The summed E-state index contributed by atoms with van der Waals surface area (Å²) in [5.74, 6) is 0.858. The lowest BCUT2D eigenvalue weighted by molar-refractivity contribution is 0.315. The first-order chi connectivity index (χ1) is 7.81. The highest BCUT2D eigenvalue weighted by Gasteiger charge is 2.34. The maximum atomic E-state index is 5.84. The number of nitrogens with one attached hydrogen (secondary N) is 1. The summed E-state index contributed by atoms with van der Waals surface area (Å²) < 4.78 is 0.657. The second-order valence-corrected chi connectivity index (χ2v) is 6.43. The minimum atomic E-state index is 0.657. The van der Waals surface area contributed by atoms with Gasteiger partial charge < -0.3 is 5.32 Å². The molecule has 0 saturated carbocycles. The maximum Gasteiger partial charge on any atom is 0.183 e. The van der Waals surface area contributed by atoms with Crippen molar-refractivity contribution in [2.24, 2.45) is 5.92 Å². The SMILES string of the molecule is Clc1ncc(CN2CC3CCCNC3C2)s1. The van der Waals surface area contributed by atoms with Crippen LogP contribution in [0.1, 0.15) is 17.7 Å². The minimum absolute atomic E-state index is 0.657. The number of aromatic nitrogens is 1. The second-order valence-electron chi connectivity index (χ2n) is 4.74. The fraction of sp³-hybridized carbons (Fsp3) is 0.727. The van der Waals surface area contributed by atoms with E-state index < -0.39 is 0 Å². The fourth-order valence-corrected chi connectivity index (χ4v) is 3.86. The first-order valence-electron chi connectivity index (χ1n) is 5.87. The van der Waals surface area contributed by atoms with Crippen LogP contribution in [0.25, 0.3) is 0 Å². The smallest absolute Gasteiger partial charge is 0.183 e. The molecule has 2 aliphatic heterocycles. The van der Waals surface area contributed by atoms with Crippen molar-refractivity contribution in [1.82, 2.24) is 15.2 Å². The molecule has 0 amide bonds. The second kappa shape index (κ2) is 4.61. The van der Waals surface area contributed by atoms with Gasteiger partial charge in [-0.2, -0.15) is 0 Å². The van der Waals surface area contributed by atoms with Gasteiger partial charge >= 0.3 is 0 Å². The zero-order chi connectivity index (χ0) is 11.0. The number of rotatable bonds is 2. The molecule has 3 heterocycles. The van der Waals surface area contributed by atoms with Crippen molar-refractivity contribution in [2.75, 3.05) is 19.6 Å². The van der Waals surface area contributed by atoms with Gasteiger partial charge in [-0.3, -0.25) is 4.90 Å². The van der Waals surface area contributed by atoms with Crippen LogP contribution in [-0.2, 0) is 6.54 Å². The van der Waals surface area contributed by atoms with Crippen LogP contribution in [0.15, 0.2) is 6.20 Å². The zero-order valence-corrected chi connectivity index (χ0v) is 10.7. The Morgan fingerprint density at radius 2 is 2.50 bits per heavy atom. The maximum absolute atomic E-state index is 5.84. The molecule has 1 N–H and O–H groups in total. The van der Waals surface area contributed by atoms with Crippen LogP contribution in [0.4, 0.5) is 0 Å². The number of nitrogens with zero attached hydrogens (tertiary/aromatic N) is 2. The highest BCUT2D eigenvalue weighted by molar-refractivity contribution is 7.15. The summed E-state index contributed by atoms with van der Waals surface area (Å²) in [4.78, 5) is 7.90. The third-order valence-corrected chi connectivity index (χ3v) is 4.68. The molecule has 2 aliphatic rings. The summed E-state index contributed by atoms with van der Waals surface area (Å²) in [6, 6.07) is 0.720. The van der Waals surface area contributed by atoms with E-state index in [-0.39, 0.29) is 0 Å². The molecule has 0 bridgehead atoms. The Bertz CT molecular complexity index is 354. The van der Waals surface area contributed by atoms with E-state index in [1.807, 2.05) is 6.20 Å². The molecule has 0 aromatic carbocycles. The van der Waals surface area contributed by atoms with E-state index in [0.717, 1.165) is 18.5 Å². The third kappa shape index (κ3) is 2.25. The number of thiazole rings is 1. The molecule has 3 nitrogen and oxygen atoms in total. The molecular formula is C11H16ClN3S. The molecule has 16 heavy (non-hydrogen) atoms. The Morgan fingerprint density at radius 1 is 1.56 bits per heavy atom. The standard InChI is InChI=1S/C11H16ClN3S/c12-11-14-4-9(16-11)6-15-5-8-2-1-3-13-10(8)7-15/h4,8,10,13H,1-3,5-7H2. The molecule has 1 aromatic rings. The van der Waals surface area contributed by atoms with Crippen LogP contribution >= 0.6 is 22.9 Å². The molecule has 88 valence electrons. The summed E-state index contributed by atoms with van der Waals surface area (Å²) in [6.45, 7) is 4.62. The van der Waals surface area contributed by atoms with Gasteiger partial charge in [-0.25, -0.2) is 4.98 Å². The summed E-state index contributed by atoms with van der Waals surface area (Å²) in [5.41, 5.74) is 0. The van der Waals surface area contributed by atoms with Crippen molar-refractivity contribution in [2.45, 2.75) is 25.4 Å². The van der Waals surface area contributed by atoms with Crippen molar-refractivity contribution in [3.8, 4) is 0 Å². The van der Waals surface area contributed by atoms with Crippen molar-refractivity contribution in [1.29, 1.82) is 0 Å². The zero-order valence-electron chi connectivity index (χ0n) is 9.16. The molecular weight excluding hydrogens is 242 g/mol. The van der Waals surface area contributed by atoms with Crippen LogP contribution in [0.3, 0.4) is 0 Å². The topological polar surface area (TPSA) is 28.2 Å². The third-order valence-electron chi connectivity index (χ3n) is 3.58. The van der Waals surface area contributed by atoms with Gasteiger partial charge in [0.25, 0.3) is 0 Å². The van der Waals surface area contributed by atoms with Gasteiger partial charge in [0.05, 0.1) is 0 Å².